The number of hydrogen-bond donors (Lipinski definition) is 0. The third-order valence-electron chi connectivity index (χ3n) is 3.67. The highest BCUT2D eigenvalue weighted by Gasteiger charge is 2.23. The first-order valence-electron chi connectivity index (χ1n) is 7.87. The molecule has 0 fully saturated rings. The number of carbonyl (C=O) groups excluding carboxylic acids is 1. The first-order chi connectivity index (χ1) is 12.6. The summed E-state index contributed by atoms with van der Waals surface area (Å²) >= 11 is 0. The van der Waals surface area contributed by atoms with Crippen LogP contribution in [-0.4, -0.2) is 11.1 Å². The average Bonchev–Trinajstić information content (AvgIpc) is 2.68. The molecule has 26 heavy (non-hydrogen) atoms. The van der Waals surface area contributed by atoms with Crippen molar-refractivity contribution in [1.29, 1.82) is 0 Å². The Balaban J connectivity index is 1.84. The van der Waals surface area contributed by atoms with Crippen LogP contribution in [0.1, 0.15) is 17.2 Å². The lowest BCUT2D eigenvalue weighted by Gasteiger charge is -2.18. The van der Waals surface area contributed by atoms with Crippen molar-refractivity contribution in [3.8, 4) is 5.75 Å². The maximum Gasteiger partial charge on any atom is 0.515 e. The lowest BCUT2D eigenvalue weighted by Crippen LogP contribution is -2.16. The summed E-state index contributed by atoms with van der Waals surface area (Å²) in [6, 6.07) is 24.0. The molecule has 0 radical (unpaired) electrons. The highest BCUT2D eigenvalue weighted by molar-refractivity contribution is 5.67. The predicted octanol–water partition coefficient (Wildman–Crippen LogP) is 4.90. The molecule has 0 atom stereocenters. The van der Waals surface area contributed by atoms with E-state index in [4.69, 9.17) is 9.47 Å². The summed E-state index contributed by atoms with van der Waals surface area (Å²) in [5.41, 5.74) is 1.22. The highest BCUT2D eigenvalue weighted by Crippen LogP contribution is 2.29. The predicted molar refractivity (Wildman–Crippen MR) is 94.9 cm³/mol. The zero-order chi connectivity index (χ0) is 18.4. The molecule has 0 spiro atoms. The van der Waals surface area contributed by atoms with Crippen LogP contribution in [-0.2, 0) is 4.74 Å². The molecular weight excluding hydrogens is 334 g/mol. The van der Waals surface area contributed by atoms with Crippen molar-refractivity contribution in [2.45, 2.75) is 6.10 Å². The molecule has 0 aliphatic carbocycles. The van der Waals surface area contributed by atoms with Gasteiger partial charge in [0, 0.05) is 6.07 Å². The number of nitro benzene ring substituents is 1. The molecule has 0 saturated carbocycles. The molecule has 0 aliphatic heterocycles. The van der Waals surface area contributed by atoms with Crippen molar-refractivity contribution < 1.29 is 19.2 Å². The van der Waals surface area contributed by atoms with Crippen molar-refractivity contribution >= 4 is 11.8 Å². The maximum atomic E-state index is 12.3. The Bertz CT molecular complexity index is 857. The number of hydrogen-bond acceptors (Lipinski definition) is 5. The summed E-state index contributed by atoms with van der Waals surface area (Å²) < 4.78 is 10.6. The molecule has 3 aromatic carbocycles. The van der Waals surface area contributed by atoms with E-state index in [1.54, 1.807) is 6.07 Å². The van der Waals surface area contributed by atoms with Crippen LogP contribution in [0.25, 0.3) is 0 Å². The van der Waals surface area contributed by atoms with Gasteiger partial charge in [0.05, 0.1) is 4.92 Å². The molecule has 0 aromatic heterocycles. The second-order valence-electron chi connectivity index (χ2n) is 5.40. The van der Waals surface area contributed by atoms with Gasteiger partial charge in [-0.1, -0.05) is 72.8 Å². The Morgan fingerprint density at radius 3 is 1.85 bits per heavy atom. The molecule has 6 nitrogen and oxygen atoms in total. The number of rotatable bonds is 5. The van der Waals surface area contributed by atoms with Crippen molar-refractivity contribution in [2.75, 3.05) is 0 Å². The monoisotopic (exact) mass is 349 g/mol. The van der Waals surface area contributed by atoms with Gasteiger partial charge >= 0.3 is 11.8 Å². The quantitative estimate of drug-likeness (QED) is 0.283. The van der Waals surface area contributed by atoms with Gasteiger partial charge < -0.3 is 9.47 Å². The average molecular weight is 349 g/mol. The van der Waals surface area contributed by atoms with E-state index in [1.165, 1.54) is 18.2 Å². The van der Waals surface area contributed by atoms with Crippen LogP contribution in [0.4, 0.5) is 10.5 Å². The van der Waals surface area contributed by atoms with Crippen molar-refractivity contribution in [2.24, 2.45) is 0 Å². The second-order valence-corrected chi connectivity index (χ2v) is 5.40. The molecule has 130 valence electrons. The summed E-state index contributed by atoms with van der Waals surface area (Å²) in [4.78, 5) is 22.7. The smallest absolute Gasteiger partial charge is 0.421 e. The first kappa shape index (κ1) is 17.2. The minimum Gasteiger partial charge on any atom is -0.421 e. The number of nitrogens with zero attached hydrogens (tertiary/aromatic N) is 1. The fourth-order valence-corrected chi connectivity index (χ4v) is 2.49. The standard InChI is InChI=1S/C20H15NO5/c22-20(25-18-14-8-7-13-17(18)21(23)24)26-19(15-9-3-1-4-10-15)16-11-5-2-6-12-16/h1-14,19H. The Labute approximate surface area is 149 Å². The fraction of sp³-hybridized carbons (Fsp3) is 0.0500. The molecule has 0 bridgehead atoms. The Morgan fingerprint density at radius 1 is 0.808 bits per heavy atom. The number of ether oxygens (including phenoxy) is 2. The van der Waals surface area contributed by atoms with E-state index in [1.807, 2.05) is 60.7 Å². The van der Waals surface area contributed by atoms with E-state index in [0.717, 1.165) is 11.1 Å². The molecule has 3 rings (SSSR count). The van der Waals surface area contributed by atoms with Crippen LogP contribution < -0.4 is 4.74 Å². The third kappa shape index (κ3) is 4.05. The van der Waals surface area contributed by atoms with Crippen molar-refractivity contribution in [3.05, 3.63) is 106 Å². The van der Waals surface area contributed by atoms with Gasteiger partial charge in [0.25, 0.3) is 0 Å². The normalized spacial score (nSPS) is 10.3. The molecule has 6 heteroatoms. The molecule has 0 unspecified atom stereocenters. The topological polar surface area (TPSA) is 78.7 Å². The largest absolute Gasteiger partial charge is 0.515 e. The minimum absolute atomic E-state index is 0.164. The van der Waals surface area contributed by atoms with E-state index in [-0.39, 0.29) is 11.4 Å². The summed E-state index contributed by atoms with van der Waals surface area (Å²) in [6.07, 6.45) is -1.70. The van der Waals surface area contributed by atoms with Gasteiger partial charge in [-0.05, 0) is 17.2 Å². The number of benzene rings is 3. The Hall–Kier alpha value is -3.67. The maximum absolute atomic E-state index is 12.3. The van der Waals surface area contributed by atoms with E-state index >= 15 is 0 Å². The van der Waals surface area contributed by atoms with Gasteiger partial charge in [0.1, 0.15) is 0 Å². The summed E-state index contributed by atoms with van der Waals surface area (Å²) in [6.45, 7) is 0. The van der Waals surface area contributed by atoms with Crippen molar-refractivity contribution in [1.82, 2.24) is 0 Å². The molecule has 0 saturated heterocycles. The zero-order valence-corrected chi connectivity index (χ0v) is 13.6. The van der Waals surface area contributed by atoms with Crippen molar-refractivity contribution in [3.63, 3.8) is 0 Å². The third-order valence-corrected chi connectivity index (χ3v) is 3.67. The van der Waals surface area contributed by atoms with Gasteiger partial charge in [0.2, 0.25) is 5.75 Å². The van der Waals surface area contributed by atoms with Gasteiger partial charge in [0.15, 0.2) is 6.10 Å². The van der Waals surface area contributed by atoms with Crippen LogP contribution in [0.15, 0.2) is 84.9 Å². The van der Waals surface area contributed by atoms with Crippen LogP contribution >= 0.6 is 0 Å². The number of nitro groups is 1. The molecule has 0 heterocycles. The van der Waals surface area contributed by atoms with E-state index < -0.39 is 17.2 Å². The number of para-hydroxylation sites is 2. The Morgan fingerprint density at radius 2 is 1.31 bits per heavy atom. The van der Waals surface area contributed by atoms with Gasteiger partial charge in [-0.25, -0.2) is 4.79 Å². The SMILES string of the molecule is O=C(Oc1ccccc1[N+](=O)[O-])OC(c1ccccc1)c1ccccc1. The van der Waals surface area contributed by atoms with E-state index in [0.29, 0.717) is 0 Å². The number of carbonyl (C=O) groups is 1. The second kappa shape index (κ2) is 7.94. The van der Waals surface area contributed by atoms with Crippen LogP contribution in [0, 0.1) is 10.1 Å². The minimum atomic E-state index is -1.02. The van der Waals surface area contributed by atoms with Gasteiger partial charge in [-0.2, -0.15) is 0 Å². The van der Waals surface area contributed by atoms with Gasteiger partial charge in [-0.3, -0.25) is 10.1 Å². The lowest BCUT2D eigenvalue weighted by molar-refractivity contribution is -0.385. The molecule has 0 N–H and O–H groups in total. The molecule has 0 aliphatic rings. The van der Waals surface area contributed by atoms with E-state index in [2.05, 4.69) is 0 Å². The van der Waals surface area contributed by atoms with Crippen LogP contribution in [0.2, 0.25) is 0 Å². The first-order valence-corrected chi connectivity index (χ1v) is 7.87. The molecule has 3 aromatic rings. The molecule has 0 amide bonds. The highest BCUT2D eigenvalue weighted by atomic mass is 16.7. The van der Waals surface area contributed by atoms with Gasteiger partial charge in [-0.15, -0.1) is 0 Å². The zero-order valence-electron chi connectivity index (χ0n) is 13.6. The van der Waals surface area contributed by atoms with E-state index in [9.17, 15) is 14.9 Å². The van der Waals surface area contributed by atoms with Crippen LogP contribution in [0.3, 0.4) is 0 Å². The fourth-order valence-electron chi connectivity index (χ4n) is 2.49. The summed E-state index contributed by atoms with van der Waals surface area (Å²) in [7, 11) is 0. The summed E-state index contributed by atoms with van der Waals surface area (Å²) in [5.74, 6) is -0.164. The van der Waals surface area contributed by atoms with Crippen LogP contribution in [0.5, 0.6) is 5.75 Å². The molecular formula is C20H15NO5. The Kier molecular flexibility index (Phi) is 5.24. The summed E-state index contributed by atoms with van der Waals surface area (Å²) in [5, 5.41) is 11.0. The lowest BCUT2D eigenvalue weighted by atomic mass is 10.0.